The Labute approximate surface area is 168 Å². The minimum absolute atomic E-state index is 0.0634. The molecule has 0 radical (unpaired) electrons. The molecule has 0 bridgehead atoms. The number of carbonyl (C=O) groups is 2. The zero-order valence-corrected chi connectivity index (χ0v) is 16.0. The van der Waals surface area contributed by atoms with Crippen LogP contribution < -0.4 is 32.0 Å². The fraction of sp³-hybridized carbons (Fsp3) is 0.200. The molecular weight excluding hydrogens is 376 g/mol. The number of ether oxygens (including phenoxy) is 3. The molecule has 2 aromatic rings. The smallest absolute Gasteiger partial charge is 0.404 e. The number of nitrogen functional groups attached to an aromatic ring is 1. The summed E-state index contributed by atoms with van der Waals surface area (Å²) in [4.78, 5) is 22.1. The number of hydrogen-bond donors (Lipinski definition) is 4. The number of anilines is 2. The maximum Gasteiger partial charge on any atom is 0.404 e. The predicted octanol–water partition coefficient (Wildman–Crippen LogP) is 2.02. The number of methoxy groups -OCH3 is 1. The van der Waals surface area contributed by atoms with E-state index in [1.54, 1.807) is 19.3 Å². The van der Waals surface area contributed by atoms with Crippen LogP contribution in [-0.4, -0.2) is 32.3 Å². The van der Waals surface area contributed by atoms with Gasteiger partial charge in [-0.05, 0) is 35.9 Å². The number of benzene rings is 2. The highest BCUT2D eigenvalue weighted by Gasteiger charge is 2.13. The monoisotopic (exact) mass is 400 g/mol. The highest BCUT2D eigenvalue weighted by Crippen LogP contribution is 2.33. The molecule has 0 saturated carbocycles. The molecule has 0 aromatic heterocycles. The Hall–Kier alpha value is -3.88. The van der Waals surface area contributed by atoms with Crippen molar-refractivity contribution in [1.29, 1.82) is 0 Å². The predicted molar refractivity (Wildman–Crippen MR) is 110 cm³/mol. The van der Waals surface area contributed by atoms with E-state index in [9.17, 15) is 9.59 Å². The van der Waals surface area contributed by atoms with Crippen LogP contribution in [0.1, 0.15) is 15.9 Å². The molecule has 0 atom stereocenters. The zero-order valence-electron chi connectivity index (χ0n) is 16.0. The molecule has 0 fully saturated rings. The van der Waals surface area contributed by atoms with E-state index in [4.69, 9.17) is 26.7 Å². The number of nitrogens with one attached hydrogen (secondary N) is 1. The van der Waals surface area contributed by atoms with Crippen molar-refractivity contribution < 1.29 is 23.8 Å². The van der Waals surface area contributed by atoms with Crippen LogP contribution in [0.3, 0.4) is 0 Å². The zero-order chi connectivity index (χ0) is 21.2. The fourth-order valence-electron chi connectivity index (χ4n) is 2.41. The second kappa shape index (κ2) is 10.5. The van der Waals surface area contributed by atoms with Crippen molar-refractivity contribution in [2.45, 2.75) is 6.61 Å². The molecule has 0 unspecified atom stereocenters. The molecule has 2 amide bonds. The van der Waals surface area contributed by atoms with Gasteiger partial charge in [0, 0.05) is 12.1 Å². The van der Waals surface area contributed by atoms with Crippen LogP contribution in [0.25, 0.3) is 0 Å². The van der Waals surface area contributed by atoms with Crippen molar-refractivity contribution >= 4 is 23.4 Å². The Bertz CT molecular complexity index is 881. The average molecular weight is 400 g/mol. The summed E-state index contributed by atoms with van der Waals surface area (Å²) >= 11 is 0. The molecule has 29 heavy (non-hydrogen) atoms. The van der Waals surface area contributed by atoms with Gasteiger partial charge in [-0.2, -0.15) is 0 Å². The lowest BCUT2D eigenvalue weighted by Crippen LogP contribution is -2.14. The maximum absolute atomic E-state index is 11.6. The Balaban J connectivity index is 2.11. The van der Waals surface area contributed by atoms with Crippen LogP contribution in [-0.2, 0) is 11.3 Å². The van der Waals surface area contributed by atoms with Gasteiger partial charge in [-0.3, -0.25) is 4.79 Å². The summed E-state index contributed by atoms with van der Waals surface area (Å²) in [5.41, 5.74) is 18.3. The van der Waals surface area contributed by atoms with Crippen LogP contribution in [0.5, 0.6) is 11.5 Å². The van der Waals surface area contributed by atoms with Crippen molar-refractivity contribution in [2.24, 2.45) is 11.5 Å². The SMILES string of the molecule is COc1ccc(COc2cc(C(N)=O)cc(N)c2NCC=CCOC(N)=O)cc1. The van der Waals surface area contributed by atoms with E-state index in [0.29, 0.717) is 23.7 Å². The third kappa shape index (κ3) is 6.65. The quantitative estimate of drug-likeness (QED) is 0.352. The fourth-order valence-corrected chi connectivity index (χ4v) is 2.41. The van der Waals surface area contributed by atoms with Gasteiger partial charge in [0.05, 0.1) is 12.8 Å². The molecule has 0 heterocycles. The highest BCUT2D eigenvalue weighted by molar-refractivity contribution is 5.96. The van der Waals surface area contributed by atoms with Crippen molar-refractivity contribution in [3.8, 4) is 11.5 Å². The summed E-state index contributed by atoms with van der Waals surface area (Å²) in [6.07, 6.45) is 2.52. The van der Waals surface area contributed by atoms with Crippen LogP contribution in [0.2, 0.25) is 0 Å². The Morgan fingerprint density at radius 1 is 1.10 bits per heavy atom. The van der Waals surface area contributed by atoms with Crippen molar-refractivity contribution in [3.05, 3.63) is 59.7 Å². The number of nitrogens with two attached hydrogens (primary N) is 3. The lowest BCUT2D eigenvalue weighted by molar-refractivity contribution is 0.0999. The third-order valence-corrected chi connectivity index (χ3v) is 3.86. The molecule has 0 aliphatic rings. The molecule has 0 aliphatic heterocycles. The lowest BCUT2D eigenvalue weighted by Gasteiger charge is -2.16. The van der Waals surface area contributed by atoms with E-state index in [0.717, 1.165) is 11.3 Å². The summed E-state index contributed by atoms with van der Waals surface area (Å²) < 4.78 is 15.6. The number of hydrogen-bond acceptors (Lipinski definition) is 7. The van der Waals surface area contributed by atoms with Crippen molar-refractivity contribution in [1.82, 2.24) is 0 Å². The van der Waals surface area contributed by atoms with Gasteiger partial charge in [-0.25, -0.2) is 4.79 Å². The average Bonchev–Trinajstić information content (AvgIpc) is 2.70. The summed E-state index contributed by atoms with van der Waals surface area (Å²) in [6, 6.07) is 10.4. The summed E-state index contributed by atoms with van der Waals surface area (Å²) in [6.45, 7) is 0.692. The molecule has 2 aromatic carbocycles. The summed E-state index contributed by atoms with van der Waals surface area (Å²) in [5.74, 6) is 0.514. The van der Waals surface area contributed by atoms with Crippen LogP contribution in [0.4, 0.5) is 16.2 Å². The van der Waals surface area contributed by atoms with E-state index >= 15 is 0 Å². The molecule has 0 aliphatic carbocycles. The number of rotatable bonds is 10. The van der Waals surface area contributed by atoms with Crippen LogP contribution in [0, 0.1) is 0 Å². The molecule has 9 heteroatoms. The highest BCUT2D eigenvalue weighted by atomic mass is 16.5. The van der Waals surface area contributed by atoms with Gasteiger partial charge >= 0.3 is 6.09 Å². The van der Waals surface area contributed by atoms with Crippen molar-refractivity contribution in [3.63, 3.8) is 0 Å². The first-order chi connectivity index (χ1) is 13.9. The van der Waals surface area contributed by atoms with Gasteiger partial charge < -0.3 is 36.7 Å². The number of carbonyl (C=O) groups excluding carboxylic acids is 2. The Morgan fingerprint density at radius 2 is 1.83 bits per heavy atom. The van der Waals surface area contributed by atoms with Gasteiger partial charge in [0.15, 0.2) is 0 Å². The number of primary amides is 2. The lowest BCUT2D eigenvalue weighted by atomic mass is 10.1. The number of amides is 2. The normalized spacial score (nSPS) is 10.5. The molecular formula is C20H24N4O5. The molecule has 9 nitrogen and oxygen atoms in total. The molecule has 0 spiro atoms. The first-order valence-electron chi connectivity index (χ1n) is 8.71. The third-order valence-electron chi connectivity index (χ3n) is 3.86. The van der Waals surface area contributed by atoms with Crippen molar-refractivity contribution in [2.75, 3.05) is 31.3 Å². The minimum atomic E-state index is -0.844. The second-order valence-corrected chi connectivity index (χ2v) is 5.92. The minimum Gasteiger partial charge on any atom is -0.497 e. The Morgan fingerprint density at radius 3 is 2.45 bits per heavy atom. The van der Waals surface area contributed by atoms with E-state index in [-0.39, 0.29) is 18.8 Å². The summed E-state index contributed by atoms with van der Waals surface area (Å²) in [5, 5.41) is 3.11. The molecule has 0 saturated heterocycles. The topological polar surface area (TPSA) is 152 Å². The van der Waals surface area contributed by atoms with E-state index < -0.39 is 12.0 Å². The first-order valence-corrected chi connectivity index (χ1v) is 8.71. The Kier molecular flexibility index (Phi) is 7.72. The summed E-state index contributed by atoms with van der Waals surface area (Å²) in [7, 11) is 1.59. The maximum atomic E-state index is 11.6. The first kappa shape index (κ1) is 21.4. The molecule has 2 rings (SSSR count). The van der Waals surface area contributed by atoms with Crippen LogP contribution >= 0.6 is 0 Å². The van der Waals surface area contributed by atoms with E-state index in [1.165, 1.54) is 12.1 Å². The largest absolute Gasteiger partial charge is 0.497 e. The van der Waals surface area contributed by atoms with E-state index in [2.05, 4.69) is 10.1 Å². The standard InChI is InChI=1S/C20H24N4O5/c1-27-15-6-4-13(5-7-15)12-29-17-11-14(19(22)25)10-16(21)18(17)24-8-2-3-9-28-20(23)26/h2-7,10-11,24H,8-9,12,21H2,1H3,(H2,22,25)(H2,23,26). The van der Waals surface area contributed by atoms with Gasteiger partial charge in [-0.15, -0.1) is 0 Å². The molecule has 7 N–H and O–H groups in total. The molecule has 154 valence electrons. The second-order valence-electron chi connectivity index (χ2n) is 5.92. The van der Waals surface area contributed by atoms with Crippen LogP contribution in [0.15, 0.2) is 48.6 Å². The van der Waals surface area contributed by atoms with Gasteiger partial charge in [-0.1, -0.05) is 18.2 Å². The van der Waals surface area contributed by atoms with E-state index in [1.807, 2.05) is 24.3 Å². The van der Waals surface area contributed by atoms with Gasteiger partial charge in [0.25, 0.3) is 0 Å². The van der Waals surface area contributed by atoms with Gasteiger partial charge in [0.1, 0.15) is 30.4 Å². The van der Waals surface area contributed by atoms with Gasteiger partial charge in [0.2, 0.25) is 5.91 Å².